The predicted molar refractivity (Wildman–Crippen MR) is 81.8 cm³/mol. The van der Waals surface area contributed by atoms with Gasteiger partial charge in [-0.25, -0.2) is 17.8 Å². The molecule has 0 aliphatic carbocycles. The van der Waals surface area contributed by atoms with Crippen molar-refractivity contribution < 1.29 is 8.42 Å². The molecule has 8 heteroatoms. The molecule has 2 aromatic rings. The maximum atomic E-state index is 12.5. The van der Waals surface area contributed by atoms with Gasteiger partial charge < -0.3 is 0 Å². The molecule has 0 bridgehead atoms. The molecule has 0 saturated heterocycles. The second kappa shape index (κ2) is 5.77. The van der Waals surface area contributed by atoms with Gasteiger partial charge in [-0.2, -0.15) is 15.3 Å². The Morgan fingerprint density at radius 1 is 1.36 bits per heavy atom. The number of aromatic nitrogens is 3. The Morgan fingerprint density at radius 2 is 2.05 bits per heavy atom. The standard InChI is InChI=1S/C14H17N5O2S/c1-9(2)13-16-14(19(4)17-13)18-22(20,21)12-6-5-11(8-15)7-10(12)3/h5-7,9H,1-4H3,(H,16,17,18). The molecule has 2 rings (SSSR count). The molecule has 0 aliphatic rings. The lowest BCUT2D eigenvalue weighted by Gasteiger charge is -2.09. The first kappa shape index (κ1) is 16.0. The van der Waals surface area contributed by atoms with Crippen molar-refractivity contribution in [2.45, 2.75) is 31.6 Å². The first-order chi connectivity index (χ1) is 10.2. The SMILES string of the molecule is Cc1cc(C#N)ccc1S(=O)(=O)Nc1nc(C(C)C)nn1C. The minimum Gasteiger partial charge on any atom is -0.247 e. The summed E-state index contributed by atoms with van der Waals surface area (Å²) in [5.74, 6) is 0.824. The van der Waals surface area contributed by atoms with Crippen LogP contribution in [0, 0.1) is 18.3 Å². The Hall–Kier alpha value is -2.40. The number of aryl methyl sites for hydroxylation is 2. The summed E-state index contributed by atoms with van der Waals surface area (Å²) in [5.41, 5.74) is 0.912. The molecule has 1 N–H and O–H groups in total. The fourth-order valence-corrected chi connectivity index (χ4v) is 3.19. The van der Waals surface area contributed by atoms with Gasteiger partial charge >= 0.3 is 0 Å². The maximum absolute atomic E-state index is 12.5. The number of sulfonamides is 1. The number of nitrogens with one attached hydrogen (secondary N) is 1. The molecule has 116 valence electrons. The zero-order valence-electron chi connectivity index (χ0n) is 12.8. The van der Waals surface area contributed by atoms with E-state index < -0.39 is 10.0 Å². The van der Waals surface area contributed by atoms with E-state index >= 15 is 0 Å². The van der Waals surface area contributed by atoms with E-state index in [1.807, 2.05) is 19.9 Å². The van der Waals surface area contributed by atoms with E-state index in [-0.39, 0.29) is 16.8 Å². The summed E-state index contributed by atoms with van der Waals surface area (Å²) in [4.78, 5) is 4.30. The largest absolute Gasteiger partial charge is 0.264 e. The summed E-state index contributed by atoms with van der Waals surface area (Å²) in [6, 6.07) is 6.39. The van der Waals surface area contributed by atoms with Gasteiger partial charge in [0.1, 0.15) is 0 Å². The zero-order valence-corrected chi connectivity index (χ0v) is 13.6. The number of benzene rings is 1. The lowest BCUT2D eigenvalue weighted by Crippen LogP contribution is -2.17. The highest BCUT2D eigenvalue weighted by molar-refractivity contribution is 7.92. The third-order valence-electron chi connectivity index (χ3n) is 3.12. The molecule has 0 fully saturated rings. The third-order valence-corrected chi connectivity index (χ3v) is 4.60. The third kappa shape index (κ3) is 3.09. The fourth-order valence-electron chi connectivity index (χ4n) is 1.93. The van der Waals surface area contributed by atoms with Crippen molar-refractivity contribution in [3.8, 4) is 6.07 Å². The molecule has 1 aromatic carbocycles. The smallest absolute Gasteiger partial charge is 0.247 e. The summed E-state index contributed by atoms with van der Waals surface area (Å²) in [6.45, 7) is 5.50. The van der Waals surface area contributed by atoms with Crippen LogP contribution in [0.3, 0.4) is 0 Å². The van der Waals surface area contributed by atoms with E-state index in [9.17, 15) is 8.42 Å². The molecule has 7 nitrogen and oxygen atoms in total. The molecule has 0 spiro atoms. The van der Waals surface area contributed by atoms with Gasteiger partial charge in [0.2, 0.25) is 5.95 Å². The van der Waals surface area contributed by atoms with Gasteiger partial charge in [0.05, 0.1) is 16.5 Å². The molecule has 1 heterocycles. The van der Waals surface area contributed by atoms with Gasteiger partial charge in [0, 0.05) is 13.0 Å². The van der Waals surface area contributed by atoms with Crippen molar-refractivity contribution in [2.24, 2.45) is 7.05 Å². The lowest BCUT2D eigenvalue weighted by atomic mass is 10.2. The van der Waals surface area contributed by atoms with Crippen molar-refractivity contribution in [3.05, 3.63) is 35.2 Å². The Balaban J connectivity index is 2.38. The summed E-state index contributed by atoms with van der Waals surface area (Å²) < 4.78 is 28.8. The molecule has 0 saturated carbocycles. The van der Waals surface area contributed by atoms with Crippen LogP contribution in [-0.2, 0) is 17.1 Å². The van der Waals surface area contributed by atoms with E-state index in [0.29, 0.717) is 17.0 Å². The number of rotatable bonds is 4. The van der Waals surface area contributed by atoms with Crippen molar-refractivity contribution in [1.29, 1.82) is 5.26 Å². The topological polar surface area (TPSA) is 101 Å². The Morgan fingerprint density at radius 3 is 2.55 bits per heavy atom. The molecular formula is C14H17N5O2S. The Bertz CT molecular complexity index is 847. The summed E-state index contributed by atoms with van der Waals surface area (Å²) in [6.07, 6.45) is 0. The van der Waals surface area contributed by atoms with E-state index in [1.54, 1.807) is 14.0 Å². The highest BCUT2D eigenvalue weighted by Crippen LogP contribution is 2.20. The minimum atomic E-state index is -3.79. The number of nitrogens with zero attached hydrogens (tertiary/aromatic N) is 4. The second-order valence-corrected chi connectivity index (χ2v) is 6.92. The number of nitriles is 1. The summed E-state index contributed by atoms with van der Waals surface area (Å²) >= 11 is 0. The zero-order chi connectivity index (χ0) is 16.5. The van der Waals surface area contributed by atoms with Gasteiger partial charge in [-0.05, 0) is 30.7 Å². The summed E-state index contributed by atoms with van der Waals surface area (Å²) in [7, 11) is -2.16. The van der Waals surface area contributed by atoms with Crippen LogP contribution in [0.1, 0.15) is 36.7 Å². The van der Waals surface area contributed by atoms with Crippen molar-refractivity contribution in [3.63, 3.8) is 0 Å². The van der Waals surface area contributed by atoms with Crippen LogP contribution in [0.25, 0.3) is 0 Å². The van der Waals surface area contributed by atoms with Crippen molar-refractivity contribution >= 4 is 16.0 Å². The highest BCUT2D eigenvalue weighted by Gasteiger charge is 2.21. The average molecular weight is 319 g/mol. The molecule has 0 radical (unpaired) electrons. The number of hydrogen-bond donors (Lipinski definition) is 1. The Kier molecular flexibility index (Phi) is 4.19. The number of hydrogen-bond acceptors (Lipinski definition) is 5. The van der Waals surface area contributed by atoms with E-state index in [2.05, 4.69) is 14.8 Å². The van der Waals surface area contributed by atoms with E-state index in [4.69, 9.17) is 5.26 Å². The van der Waals surface area contributed by atoms with Gasteiger partial charge in [-0.1, -0.05) is 13.8 Å². The molecule has 0 amide bonds. The number of anilines is 1. The predicted octanol–water partition coefficient (Wildman–Crippen LogP) is 1.92. The average Bonchev–Trinajstić information content (AvgIpc) is 2.79. The molecule has 1 aromatic heterocycles. The maximum Gasteiger partial charge on any atom is 0.264 e. The van der Waals surface area contributed by atoms with Gasteiger partial charge in [-0.15, -0.1) is 0 Å². The first-order valence-electron chi connectivity index (χ1n) is 6.69. The summed E-state index contributed by atoms with van der Waals surface area (Å²) in [5, 5.41) is 13.0. The molecule has 0 atom stereocenters. The van der Waals surface area contributed by atoms with Crippen LogP contribution in [0.5, 0.6) is 0 Å². The van der Waals surface area contributed by atoms with Crippen LogP contribution in [0.2, 0.25) is 0 Å². The quantitative estimate of drug-likeness (QED) is 0.927. The second-order valence-electron chi connectivity index (χ2n) is 5.27. The molecular weight excluding hydrogens is 302 g/mol. The van der Waals surface area contributed by atoms with Gasteiger partial charge in [0.15, 0.2) is 5.82 Å². The molecule has 0 aliphatic heterocycles. The molecule has 0 unspecified atom stereocenters. The van der Waals surface area contributed by atoms with Crippen LogP contribution in [0.4, 0.5) is 5.95 Å². The minimum absolute atomic E-state index is 0.0982. The lowest BCUT2D eigenvalue weighted by molar-refractivity contribution is 0.599. The monoisotopic (exact) mass is 319 g/mol. The fraction of sp³-hybridized carbons (Fsp3) is 0.357. The van der Waals surface area contributed by atoms with E-state index in [0.717, 1.165) is 0 Å². The van der Waals surface area contributed by atoms with Crippen LogP contribution in [-0.4, -0.2) is 23.2 Å². The van der Waals surface area contributed by atoms with Crippen LogP contribution < -0.4 is 4.72 Å². The first-order valence-corrected chi connectivity index (χ1v) is 8.17. The van der Waals surface area contributed by atoms with Crippen molar-refractivity contribution in [1.82, 2.24) is 14.8 Å². The highest BCUT2D eigenvalue weighted by atomic mass is 32.2. The molecule has 22 heavy (non-hydrogen) atoms. The van der Waals surface area contributed by atoms with Gasteiger partial charge in [0.25, 0.3) is 10.0 Å². The van der Waals surface area contributed by atoms with Crippen LogP contribution >= 0.6 is 0 Å². The Labute approximate surface area is 129 Å². The van der Waals surface area contributed by atoms with E-state index in [1.165, 1.54) is 22.9 Å². The van der Waals surface area contributed by atoms with Crippen LogP contribution in [0.15, 0.2) is 23.1 Å². The van der Waals surface area contributed by atoms with Crippen molar-refractivity contribution in [2.75, 3.05) is 4.72 Å². The normalized spacial score (nSPS) is 11.5. The van der Waals surface area contributed by atoms with Gasteiger partial charge in [-0.3, -0.25) is 0 Å².